The van der Waals surface area contributed by atoms with Crippen molar-refractivity contribution in [3.05, 3.63) is 65.2 Å². The van der Waals surface area contributed by atoms with E-state index in [2.05, 4.69) is 47.4 Å². The van der Waals surface area contributed by atoms with Crippen LogP contribution in [0.2, 0.25) is 0 Å². The monoisotopic (exact) mass is 333 g/mol. The molecule has 1 fully saturated rings. The molecule has 5 rings (SSSR count). The molecule has 0 unspecified atom stereocenters. The maximum atomic E-state index is 13.0. The highest BCUT2D eigenvalue weighted by atomic mass is 16.5. The van der Waals surface area contributed by atoms with Gasteiger partial charge < -0.3 is 9.64 Å². The van der Waals surface area contributed by atoms with E-state index in [1.54, 1.807) is 0 Å². The van der Waals surface area contributed by atoms with Crippen molar-refractivity contribution in [2.75, 3.05) is 13.1 Å². The average Bonchev–Trinajstić information content (AvgIpc) is 3.22. The third-order valence-corrected chi connectivity index (χ3v) is 6.20. The molecule has 2 heterocycles. The highest BCUT2D eigenvalue weighted by Gasteiger charge is 2.43. The molecule has 2 aromatic carbocycles. The molecule has 1 spiro atoms. The molecule has 2 aromatic rings. The molecule has 128 valence electrons. The zero-order valence-electron chi connectivity index (χ0n) is 14.4. The van der Waals surface area contributed by atoms with Gasteiger partial charge in [-0.05, 0) is 35.6 Å². The highest BCUT2D eigenvalue weighted by Crippen LogP contribution is 2.41. The Bertz CT molecular complexity index is 768. The fourth-order valence-corrected chi connectivity index (χ4v) is 4.77. The third kappa shape index (κ3) is 2.53. The van der Waals surface area contributed by atoms with Crippen LogP contribution in [-0.2, 0) is 24.1 Å². The van der Waals surface area contributed by atoms with Crippen LogP contribution in [-0.4, -0.2) is 29.5 Å². The van der Waals surface area contributed by atoms with E-state index in [0.29, 0.717) is 5.91 Å². The summed E-state index contributed by atoms with van der Waals surface area (Å²) in [6.07, 6.45) is 4.66. The summed E-state index contributed by atoms with van der Waals surface area (Å²) in [6, 6.07) is 16.8. The van der Waals surface area contributed by atoms with Crippen LogP contribution in [0.1, 0.15) is 29.5 Å². The Morgan fingerprint density at radius 3 is 2.16 bits per heavy atom. The number of carbonyl (C=O) groups excluding carboxylic acids is 1. The van der Waals surface area contributed by atoms with Gasteiger partial charge in [-0.1, -0.05) is 42.5 Å². The summed E-state index contributed by atoms with van der Waals surface area (Å²) in [5, 5.41) is 0. The van der Waals surface area contributed by atoms with Gasteiger partial charge in [-0.3, -0.25) is 4.79 Å². The van der Waals surface area contributed by atoms with Crippen LogP contribution in [0, 0.1) is 5.92 Å². The number of nitrogens with zero attached hydrogens (tertiary/aromatic N) is 1. The molecular weight excluding hydrogens is 310 g/mol. The number of fused-ring (bicyclic) bond motifs is 2. The predicted molar refractivity (Wildman–Crippen MR) is 96.7 cm³/mol. The van der Waals surface area contributed by atoms with E-state index in [1.165, 1.54) is 16.7 Å². The summed E-state index contributed by atoms with van der Waals surface area (Å²) >= 11 is 0. The van der Waals surface area contributed by atoms with E-state index < -0.39 is 0 Å². The largest absolute Gasteiger partial charge is 0.487 e. The number of carbonyl (C=O) groups is 1. The van der Waals surface area contributed by atoms with Crippen molar-refractivity contribution >= 4 is 5.91 Å². The van der Waals surface area contributed by atoms with Crippen LogP contribution >= 0.6 is 0 Å². The second-order valence-corrected chi connectivity index (χ2v) is 7.77. The molecule has 0 radical (unpaired) electrons. The number of hydrogen-bond acceptors (Lipinski definition) is 2. The lowest BCUT2D eigenvalue weighted by atomic mass is 9.86. The molecule has 25 heavy (non-hydrogen) atoms. The van der Waals surface area contributed by atoms with Gasteiger partial charge in [0.1, 0.15) is 11.4 Å². The van der Waals surface area contributed by atoms with Crippen LogP contribution in [0.4, 0.5) is 0 Å². The van der Waals surface area contributed by atoms with Crippen LogP contribution in [0.5, 0.6) is 5.75 Å². The number of para-hydroxylation sites is 1. The fourth-order valence-electron chi connectivity index (χ4n) is 4.77. The third-order valence-electron chi connectivity index (χ3n) is 6.20. The molecule has 3 nitrogen and oxygen atoms in total. The zero-order valence-corrected chi connectivity index (χ0v) is 14.4. The Labute approximate surface area is 148 Å². The molecule has 0 aromatic heterocycles. The van der Waals surface area contributed by atoms with Gasteiger partial charge in [0.15, 0.2) is 0 Å². The van der Waals surface area contributed by atoms with Gasteiger partial charge in [-0.15, -0.1) is 0 Å². The second-order valence-electron chi connectivity index (χ2n) is 7.77. The number of ether oxygens (including phenoxy) is 1. The predicted octanol–water partition coefficient (Wildman–Crippen LogP) is 3.40. The van der Waals surface area contributed by atoms with Crippen LogP contribution in [0.25, 0.3) is 0 Å². The van der Waals surface area contributed by atoms with Crippen molar-refractivity contribution in [1.82, 2.24) is 4.90 Å². The van der Waals surface area contributed by atoms with E-state index in [-0.39, 0.29) is 11.5 Å². The highest BCUT2D eigenvalue weighted by molar-refractivity contribution is 5.80. The Hall–Kier alpha value is -2.29. The first kappa shape index (κ1) is 15.0. The number of piperidine rings is 1. The standard InChI is InChI=1S/C22H23NO2/c24-21(19-13-16-5-1-2-6-17(16)14-19)23-11-9-22(10-12-23)15-18-7-3-4-8-20(18)25-22/h1-8,19H,9-15H2. The SMILES string of the molecule is O=C(C1Cc2ccccc2C1)N1CCC2(CC1)Cc1ccccc1O2. The average molecular weight is 333 g/mol. The first-order valence-electron chi connectivity index (χ1n) is 9.35. The van der Waals surface area contributed by atoms with Crippen LogP contribution < -0.4 is 4.74 Å². The maximum Gasteiger partial charge on any atom is 0.226 e. The Kier molecular flexibility index (Phi) is 3.37. The normalized spacial score (nSPS) is 21.0. The molecule has 0 bridgehead atoms. The number of benzene rings is 2. The fraction of sp³-hybridized carbons (Fsp3) is 0.409. The lowest BCUT2D eigenvalue weighted by molar-refractivity contribution is -0.138. The smallest absolute Gasteiger partial charge is 0.226 e. The Morgan fingerprint density at radius 1 is 0.920 bits per heavy atom. The molecule has 2 aliphatic heterocycles. The minimum Gasteiger partial charge on any atom is -0.487 e. The quantitative estimate of drug-likeness (QED) is 0.800. The van der Waals surface area contributed by atoms with E-state index >= 15 is 0 Å². The van der Waals surface area contributed by atoms with Crippen molar-refractivity contribution in [1.29, 1.82) is 0 Å². The van der Waals surface area contributed by atoms with Gasteiger partial charge >= 0.3 is 0 Å². The van der Waals surface area contributed by atoms with Crippen molar-refractivity contribution in [2.45, 2.75) is 37.7 Å². The van der Waals surface area contributed by atoms with Gasteiger partial charge in [-0.2, -0.15) is 0 Å². The van der Waals surface area contributed by atoms with Gasteiger partial charge in [0.05, 0.1) is 0 Å². The summed E-state index contributed by atoms with van der Waals surface area (Å²) in [5.74, 6) is 1.50. The second kappa shape index (κ2) is 5.62. The van der Waals surface area contributed by atoms with Gasteiger partial charge in [0, 0.05) is 38.3 Å². The van der Waals surface area contributed by atoms with Crippen molar-refractivity contribution < 1.29 is 9.53 Å². The summed E-state index contributed by atoms with van der Waals surface area (Å²) in [6.45, 7) is 1.64. The topological polar surface area (TPSA) is 29.5 Å². The first-order chi connectivity index (χ1) is 12.2. The lowest BCUT2D eigenvalue weighted by Gasteiger charge is -2.39. The molecule has 1 saturated heterocycles. The Balaban J connectivity index is 1.24. The molecule has 3 aliphatic rings. The minimum absolute atomic E-state index is 0.0842. The van der Waals surface area contributed by atoms with Gasteiger partial charge in [0.2, 0.25) is 5.91 Å². The summed E-state index contributed by atoms with van der Waals surface area (Å²) in [4.78, 5) is 15.1. The number of hydrogen-bond donors (Lipinski definition) is 0. The van der Waals surface area contributed by atoms with E-state index in [9.17, 15) is 4.79 Å². The zero-order chi connectivity index (χ0) is 16.9. The molecule has 0 N–H and O–H groups in total. The maximum absolute atomic E-state index is 13.0. The van der Waals surface area contributed by atoms with E-state index in [1.807, 2.05) is 6.07 Å². The van der Waals surface area contributed by atoms with Gasteiger partial charge in [-0.25, -0.2) is 0 Å². The summed E-state index contributed by atoms with van der Waals surface area (Å²) < 4.78 is 6.30. The molecule has 3 heteroatoms. The van der Waals surface area contributed by atoms with Crippen LogP contribution in [0.3, 0.4) is 0 Å². The van der Waals surface area contributed by atoms with E-state index in [0.717, 1.165) is 50.9 Å². The van der Waals surface area contributed by atoms with Crippen molar-refractivity contribution in [2.24, 2.45) is 5.92 Å². The van der Waals surface area contributed by atoms with Crippen molar-refractivity contribution in [3.8, 4) is 5.75 Å². The number of amides is 1. The molecule has 1 aliphatic carbocycles. The minimum atomic E-state index is -0.0842. The summed E-state index contributed by atoms with van der Waals surface area (Å²) in [5.41, 5.74) is 3.93. The van der Waals surface area contributed by atoms with Crippen LogP contribution in [0.15, 0.2) is 48.5 Å². The Morgan fingerprint density at radius 2 is 1.52 bits per heavy atom. The molecule has 0 atom stereocenters. The number of rotatable bonds is 1. The van der Waals surface area contributed by atoms with E-state index in [4.69, 9.17) is 4.74 Å². The first-order valence-corrected chi connectivity index (χ1v) is 9.35. The summed E-state index contributed by atoms with van der Waals surface area (Å²) in [7, 11) is 0. The molecular formula is C22H23NO2. The van der Waals surface area contributed by atoms with Gasteiger partial charge in [0.25, 0.3) is 0 Å². The number of likely N-dealkylation sites (tertiary alicyclic amines) is 1. The molecule has 0 saturated carbocycles. The van der Waals surface area contributed by atoms with Crippen molar-refractivity contribution in [3.63, 3.8) is 0 Å². The molecule has 1 amide bonds. The lowest BCUT2D eigenvalue weighted by Crippen LogP contribution is -2.50.